The van der Waals surface area contributed by atoms with E-state index in [-0.39, 0.29) is 16.1 Å². The number of aliphatic carboxylic acids is 1. The highest BCUT2D eigenvalue weighted by Crippen LogP contribution is 2.35. The molecule has 6 heteroatoms. The number of hydrogen-bond donors (Lipinski definition) is 0. The maximum Gasteiger partial charge on any atom is 0.266 e. The first kappa shape index (κ1) is 19.7. The Labute approximate surface area is 158 Å². The Balaban J connectivity index is 2.29. The van der Waals surface area contributed by atoms with Gasteiger partial charge in [0.05, 0.1) is 16.9 Å². The Morgan fingerprint density at radius 1 is 1.28 bits per heavy atom. The molecule has 1 aromatic carbocycles. The Morgan fingerprint density at radius 2 is 1.88 bits per heavy atom. The fourth-order valence-corrected chi connectivity index (χ4v) is 3.99. The highest BCUT2D eigenvalue weighted by atomic mass is 32.2. The van der Waals surface area contributed by atoms with E-state index in [1.807, 2.05) is 31.2 Å². The largest absolute Gasteiger partial charge is 0.548 e. The van der Waals surface area contributed by atoms with Crippen molar-refractivity contribution < 1.29 is 14.7 Å². The number of carbonyl (C=O) groups excluding carboxylic acids is 2. The summed E-state index contributed by atoms with van der Waals surface area (Å²) in [5.41, 5.74) is 2.11. The van der Waals surface area contributed by atoms with E-state index in [2.05, 4.69) is 13.8 Å². The molecule has 0 bridgehead atoms. The molecule has 1 fully saturated rings. The minimum absolute atomic E-state index is 0.239. The van der Waals surface area contributed by atoms with Gasteiger partial charge >= 0.3 is 0 Å². The molecule has 1 saturated heterocycles. The van der Waals surface area contributed by atoms with Gasteiger partial charge in [-0.3, -0.25) is 9.69 Å². The molecule has 0 aromatic heterocycles. The lowest BCUT2D eigenvalue weighted by molar-refractivity contribution is -0.311. The lowest BCUT2D eigenvalue weighted by atomic mass is 9.98. The normalized spacial score (nSPS) is 18.9. The number of carboxylic acid groups (broad SMARTS) is 1. The number of nitrogens with zero attached hydrogens (tertiary/aromatic N) is 1. The molecule has 4 nitrogen and oxygen atoms in total. The summed E-state index contributed by atoms with van der Waals surface area (Å²) in [5.74, 6) is -1.44. The fraction of sp³-hybridized carbons (Fsp3) is 0.421. The summed E-state index contributed by atoms with van der Waals surface area (Å²) in [6.45, 7) is 7.90. The molecule has 0 saturated carbocycles. The first-order chi connectivity index (χ1) is 11.8. The monoisotopic (exact) mass is 376 g/mol. The second-order valence-electron chi connectivity index (χ2n) is 6.52. The zero-order valence-corrected chi connectivity index (χ0v) is 16.4. The van der Waals surface area contributed by atoms with Crippen molar-refractivity contribution in [3.63, 3.8) is 0 Å². The van der Waals surface area contributed by atoms with Crippen LogP contribution in [0.4, 0.5) is 0 Å². The number of benzene rings is 1. The van der Waals surface area contributed by atoms with E-state index < -0.39 is 12.0 Å². The zero-order chi connectivity index (χ0) is 18.7. The molecule has 1 heterocycles. The van der Waals surface area contributed by atoms with Gasteiger partial charge in [0.15, 0.2) is 0 Å². The summed E-state index contributed by atoms with van der Waals surface area (Å²) < 4.78 is 0.268. The number of carboxylic acids is 1. The Kier molecular flexibility index (Phi) is 6.41. The Hall–Kier alpha value is -1.66. The molecule has 1 aromatic rings. The van der Waals surface area contributed by atoms with Crippen molar-refractivity contribution in [2.24, 2.45) is 5.92 Å². The third-order valence-electron chi connectivity index (χ3n) is 4.43. The van der Waals surface area contributed by atoms with Gasteiger partial charge in [0.1, 0.15) is 4.32 Å². The molecule has 134 valence electrons. The molecule has 25 heavy (non-hydrogen) atoms. The molecule has 2 rings (SSSR count). The van der Waals surface area contributed by atoms with Gasteiger partial charge in [-0.2, -0.15) is 0 Å². The van der Waals surface area contributed by atoms with Crippen molar-refractivity contribution in [3.8, 4) is 0 Å². The highest BCUT2D eigenvalue weighted by Gasteiger charge is 2.39. The lowest BCUT2D eigenvalue weighted by Gasteiger charge is -2.32. The predicted octanol–water partition coefficient (Wildman–Crippen LogP) is 3.18. The molecule has 0 aliphatic carbocycles. The van der Waals surface area contributed by atoms with E-state index in [0.29, 0.717) is 17.2 Å². The topological polar surface area (TPSA) is 60.4 Å². The highest BCUT2D eigenvalue weighted by molar-refractivity contribution is 8.26. The molecular weight excluding hydrogens is 354 g/mol. The molecule has 2 atom stereocenters. The first-order valence-electron chi connectivity index (χ1n) is 8.34. The van der Waals surface area contributed by atoms with Gasteiger partial charge in [-0.25, -0.2) is 0 Å². The third kappa shape index (κ3) is 4.30. The van der Waals surface area contributed by atoms with E-state index in [9.17, 15) is 14.7 Å². The standard InChI is InChI=1S/C19H23NO3S2/c1-5-12(4)16(18(22)23)20-17(21)15(25-19(20)24)10-13-6-8-14(9-7-13)11(2)3/h6-12,16H,5H2,1-4H3,(H,22,23)/p-1/b15-10-/t12-,16+/m0/s1. The smallest absolute Gasteiger partial charge is 0.266 e. The van der Waals surface area contributed by atoms with Gasteiger partial charge in [-0.1, -0.05) is 82.4 Å². The van der Waals surface area contributed by atoms with E-state index in [4.69, 9.17) is 12.2 Å². The summed E-state index contributed by atoms with van der Waals surface area (Å²) >= 11 is 6.40. The van der Waals surface area contributed by atoms with Crippen molar-refractivity contribution >= 4 is 46.3 Å². The van der Waals surface area contributed by atoms with Crippen molar-refractivity contribution in [1.29, 1.82) is 0 Å². The van der Waals surface area contributed by atoms with Crippen LogP contribution in [0.2, 0.25) is 0 Å². The number of rotatable bonds is 6. The molecule has 1 aliphatic rings. The van der Waals surface area contributed by atoms with Gasteiger partial charge < -0.3 is 9.90 Å². The quantitative estimate of drug-likeness (QED) is 0.564. The lowest BCUT2D eigenvalue weighted by Crippen LogP contribution is -2.53. The third-order valence-corrected chi connectivity index (χ3v) is 5.76. The van der Waals surface area contributed by atoms with Gasteiger partial charge in [-0.05, 0) is 29.0 Å². The minimum atomic E-state index is -1.27. The van der Waals surface area contributed by atoms with Crippen molar-refractivity contribution in [2.75, 3.05) is 0 Å². The van der Waals surface area contributed by atoms with E-state index in [1.165, 1.54) is 10.5 Å². The number of hydrogen-bond acceptors (Lipinski definition) is 5. The van der Waals surface area contributed by atoms with Crippen LogP contribution < -0.4 is 5.11 Å². The molecule has 0 spiro atoms. The second-order valence-corrected chi connectivity index (χ2v) is 8.20. The summed E-state index contributed by atoms with van der Waals surface area (Å²) in [4.78, 5) is 25.9. The average molecular weight is 377 g/mol. The fourth-order valence-electron chi connectivity index (χ4n) is 2.66. The van der Waals surface area contributed by atoms with E-state index in [1.54, 1.807) is 13.0 Å². The second kappa shape index (κ2) is 8.15. The number of thioether (sulfide) groups is 1. The molecule has 1 amide bonds. The van der Waals surface area contributed by atoms with Crippen LogP contribution in [0.3, 0.4) is 0 Å². The molecule has 0 N–H and O–H groups in total. The summed E-state index contributed by atoms with van der Waals surface area (Å²) in [7, 11) is 0. The first-order valence-corrected chi connectivity index (χ1v) is 9.56. The maximum absolute atomic E-state index is 12.7. The van der Waals surface area contributed by atoms with Crippen LogP contribution in [0, 0.1) is 5.92 Å². The number of amides is 1. The summed E-state index contributed by atoms with van der Waals surface area (Å²) in [6, 6.07) is 6.92. The summed E-state index contributed by atoms with van der Waals surface area (Å²) in [5, 5.41) is 11.6. The molecule has 0 unspecified atom stereocenters. The van der Waals surface area contributed by atoms with Gasteiger partial charge in [0, 0.05) is 0 Å². The minimum Gasteiger partial charge on any atom is -0.548 e. The van der Waals surface area contributed by atoms with Crippen molar-refractivity contribution in [2.45, 2.75) is 46.1 Å². The van der Waals surface area contributed by atoms with Crippen LogP contribution in [-0.4, -0.2) is 27.1 Å². The SMILES string of the molecule is CC[C@H](C)[C@H](C(=O)[O-])N1C(=O)/C(=C/c2ccc(C(C)C)cc2)SC1=S. The maximum atomic E-state index is 12.7. The van der Waals surface area contributed by atoms with Crippen molar-refractivity contribution in [1.82, 2.24) is 4.90 Å². The van der Waals surface area contributed by atoms with Crippen molar-refractivity contribution in [3.05, 3.63) is 40.3 Å². The van der Waals surface area contributed by atoms with Gasteiger partial charge in [-0.15, -0.1) is 0 Å². The van der Waals surface area contributed by atoms with Crippen LogP contribution in [0.15, 0.2) is 29.2 Å². The Morgan fingerprint density at radius 3 is 2.36 bits per heavy atom. The number of carbonyl (C=O) groups is 2. The van der Waals surface area contributed by atoms with Crippen LogP contribution in [0.25, 0.3) is 6.08 Å². The number of thiocarbonyl (C=S) groups is 1. The van der Waals surface area contributed by atoms with E-state index >= 15 is 0 Å². The van der Waals surface area contributed by atoms with Gasteiger partial charge in [0.2, 0.25) is 0 Å². The molecule has 0 radical (unpaired) electrons. The summed E-state index contributed by atoms with van der Waals surface area (Å²) in [6.07, 6.45) is 2.37. The van der Waals surface area contributed by atoms with E-state index in [0.717, 1.165) is 17.3 Å². The van der Waals surface area contributed by atoms with Crippen LogP contribution in [0.5, 0.6) is 0 Å². The van der Waals surface area contributed by atoms with Crippen LogP contribution in [0.1, 0.15) is 51.2 Å². The van der Waals surface area contributed by atoms with Crippen LogP contribution in [-0.2, 0) is 9.59 Å². The Bertz CT molecular complexity index is 710. The van der Waals surface area contributed by atoms with Crippen LogP contribution >= 0.6 is 24.0 Å². The average Bonchev–Trinajstić information content (AvgIpc) is 2.82. The van der Waals surface area contributed by atoms with Gasteiger partial charge in [0.25, 0.3) is 5.91 Å². The zero-order valence-electron chi connectivity index (χ0n) is 14.8. The molecule has 1 aliphatic heterocycles. The predicted molar refractivity (Wildman–Crippen MR) is 104 cm³/mol. The molecular formula is C19H22NO3S2-.